The number of anilines is 1. The van der Waals surface area contributed by atoms with E-state index >= 15 is 0 Å². The Hall–Kier alpha value is -1.06. The van der Waals surface area contributed by atoms with Gasteiger partial charge in [-0.3, -0.25) is 0 Å². The number of thiazole rings is 1. The summed E-state index contributed by atoms with van der Waals surface area (Å²) in [7, 11) is 0. The van der Waals surface area contributed by atoms with E-state index in [1.807, 2.05) is 5.38 Å². The van der Waals surface area contributed by atoms with Crippen molar-refractivity contribution in [3.05, 3.63) is 45.9 Å². The van der Waals surface area contributed by atoms with Crippen LogP contribution in [0.5, 0.6) is 0 Å². The Morgan fingerprint density at radius 1 is 1.32 bits per heavy atom. The van der Waals surface area contributed by atoms with E-state index in [1.165, 1.54) is 16.3 Å². The van der Waals surface area contributed by atoms with Crippen molar-refractivity contribution in [2.45, 2.75) is 26.1 Å². The third kappa shape index (κ3) is 3.71. The normalized spacial score (nSPS) is 10.7. The minimum atomic E-state index is 0.506. The van der Waals surface area contributed by atoms with Gasteiger partial charge in [-0.1, -0.05) is 18.2 Å². The van der Waals surface area contributed by atoms with E-state index in [9.17, 15) is 0 Å². The molecule has 4 heteroatoms. The molecular weight excluding hydrogens is 276 g/mol. The quantitative estimate of drug-likeness (QED) is 0.740. The van der Waals surface area contributed by atoms with Gasteiger partial charge < -0.3 is 4.90 Å². The lowest BCUT2D eigenvalue weighted by Gasteiger charge is -2.24. The summed E-state index contributed by atoms with van der Waals surface area (Å²) in [5, 5.41) is 3.22. The van der Waals surface area contributed by atoms with Gasteiger partial charge in [0.2, 0.25) is 0 Å². The molecule has 0 aliphatic heterocycles. The lowest BCUT2D eigenvalue weighted by Crippen LogP contribution is -2.26. The van der Waals surface area contributed by atoms with Gasteiger partial charge in [0, 0.05) is 30.6 Å². The zero-order valence-electron chi connectivity index (χ0n) is 11.4. The highest BCUT2D eigenvalue weighted by Gasteiger charge is 2.08. The number of aromatic nitrogens is 1. The first kappa shape index (κ1) is 14.4. The number of benzene rings is 1. The van der Waals surface area contributed by atoms with Gasteiger partial charge in [-0.15, -0.1) is 22.9 Å². The maximum atomic E-state index is 5.78. The number of hydrogen-bond donors (Lipinski definition) is 0. The number of para-hydroxylation sites is 1. The van der Waals surface area contributed by atoms with E-state index in [4.69, 9.17) is 11.6 Å². The van der Waals surface area contributed by atoms with E-state index < -0.39 is 0 Å². The maximum absolute atomic E-state index is 5.78. The Balaban J connectivity index is 2.02. The average molecular weight is 295 g/mol. The van der Waals surface area contributed by atoms with Crippen molar-refractivity contribution < 1.29 is 0 Å². The number of aryl methyl sites for hydroxylation is 1. The van der Waals surface area contributed by atoms with E-state index in [0.29, 0.717) is 5.88 Å². The van der Waals surface area contributed by atoms with Crippen molar-refractivity contribution in [3.8, 4) is 0 Å². The van der Waals surface area contributed by atoms with Gasteiger partial charge in [0.1, 0.15) is 0 Å². The molecule has 1 aromatic carbocycles. The van der Waals surface area contributed by atoms with Gasteiger partial charge in [0.15, 0.2) is 0 Å². The molecule has 0 atom stereocenters. The SMILES string of the molecule is CCN(CCc1nc(CCl)cs1)c1ccccc1C. The van der Waals surface area contributed by atoms with Gasteiger partial charge >= 0.3 is 0 Å². The molecule has 0 spiro atoms. The first-order valence-electron chi connectivity index (χ1n) is 6.54. The molecule has 0 amide bonds. The zero-order chi connectivity index (χ0) is 13.7. The van der Waals surface area contributed by atoms with Crippen LogP contribution in [0.15, 0.2) is 29.6 Å². The van der Waals surface area contributed by atoms with Gasteiger partial charge in [-0.05, 0) is 25.5 Å². The summed E-state index contributed by atoms with van der Waals surface area (Å²) in [5.74, 6) is 0.506. The van der Waals surface area contributed by atoms with Gasteiger partial charge in [-0.2, -0.15) is 0 Å². The Morgan fingerprint density at radius 2 is 2.11 bits per heavy atom. The zero-order valence-corrected chi connectivity index (χ0v) is 13.0. The minimum Gasteiger partial charge on any atom is -0.371 e. The Bertz CT molecular complexity index is 524. The number of rotatable bonds is 6. The monoisotopic (exact) mass is 294 g/mol. The molecule has 2 nitrogen and oxygen atoms in total. The number of nitrogens with zero attached hydrogens (tertiary/aromatic N) is 2. The van der Waals surface area contributed by atoms with Gasteiger partial charge in [0.25, 0.3) is 0 Å². The number of hydrogen-bond acceptors (Lipinski definition) is 3. The second-order valence-corrected chi connectivity index (χ2v) is 5.69. The molecule has 19 heavy (non-hydrogen) atoms. The molecule has 0 saturated carbocycles. The van der Waals surface area contributed by atoms with Crippen LogP contribution in [0.4, 0.5) is 5.69 Å². The fourth-order valence-corrected chi connectivity index (χ4v) is 3.14. The van der Waals surface area contributed by atoms with E-state index in [2.05, 4.69) is 48.0 Å². The molecule has 0 unspecified atom stereocenters. The molecule has 2 rings (SSSR count). The van der Waals surface area contributed by atoms with E-state index in [-0.39, 0.29) is 0 Å². The van der Waals surface area contributed by atoms with Crippen molar-refractivity contribution in [3.63, 3.8) is 0 Å². The Labute approximate surface area is 124 Å². The van der Waals surface area contributed by atoms with Crippen molar-refractivity contribution in [2.24, 2.45) is 0 Å². The minimum absolute atomic E-state index is 0.506. The maximum Gasteiger partial charge on any atom is 0.0946 e. The van der Waals surface area contributed by atoms with Gasteiger partial charge in [-0.25, -0.2) is 4.98 Å². The molecule has 0 fully saturated rings. The van der Waals surface area contributed by atoms with Crippen LogP contribution < -0.4 is 4.90 Å². The standard InChI is InChI=1S/C15H19ClN2S/c1-3-18(14-7-5-4-6-12(14)2)9-8-15-17-13(10-16)11-19-15/h4-7,11H,3,8-10H2,1-2H3. The fourth-order valence-electron chi connectivity index (χ4n) is 2.12. The Morgan fingerprint density at radius 3 is 2.74 bits per heavy atom. The highest BCUT2D eigenvalue weighted by Crippen LogP contribution is 2.20. The number of alkyl halides is 1. The summed E-state index contributed by atoms with van der Waals surface area (Å²) in [6, 6.07) is 8.53. The van der Waals surface area contributed by atoms with E-state index in [1.54, 1.807) is 11.3 Å². The van der Waals surface area contributed by atoms with Gasteiger partial charge in [0.05, 0.1) is 16.6 Å². The summed E-state index contributed by atoms with van der Waals surface area (Å²) in [6.07, 6.45) is 0.976. The average Bonchev–Trinajstić information content (AvgIpc) is 2.89. The van der Waals surface area contributed by atoms with E-state index in [0.717, 1.165) is 25.2 Å². The number of halogens is 1. The summed E-state index contributed by atoms with van der Waals surface area (Å²) >= 11 is 7.48. The summed E-state index contributed by atoms with van der Waals surface area (Å²) < 4.78 is 0. The molecule has 0 bridgehead atoms. The summed E-state index contributed by atoms with van der Waals surface area (Å²) in [6.45, 7) is 6.36. The predicted octanol–water partition coefficient (Wildman–Crippen LogP) is 4.26. The number of likely N-dealkylation sites (N-methyl/N-ethyl adjacent to an activating group) is 1. The van der Waals surface area contributed by atoms with Crippen LogP contribution in [0, 0.1) is 6.92 Å². The van der Waals surface area contributed by atoms with Crippen molar-refractivity contribution in [1.29, 1.82) is 0 Å². The second kappa shape index (κ2) is 6.92. The molecule has 0 N–H and O–H groups in total. The van der Waals surface area contributed by atoms with Crippen LogP contribution in [0.3, 0.4) is 0 Å². The Kier molecular flexibility index (Phi) is 5.23. The van der Waals surface area contributed by atoms with Crippen molar-refractivity contribution in [1.82, 2.24) is 4.98 Å². The van der Waals surface area contributed by atoms with Crippen LogP contribution in [0.25, 0.3) is 0 Å². The molecule has 2 aromatic rings. The lowest BCUT2D eigenvalue weighted by atomic mass is 10.2. The summed E-state index contributed by atoms with van der Waals surface area (Å²) in [5.41, 5.74) is 3.63. The van der Waals surface area contributed by atoms with Crippen LogP contribution >= 0.6 is 22.9 Å². The molecule has 1 heterocycles. The lowest BCUT2D eigenvalue weighted by molar-refractivity contribution is 0.800. The molecule has 0 aliphatic carbocycles. The smallest absolute Gasteiger partial charge is 0.0946 e. The van der Waals surface area contributed by atoms with Crippen LogP contribution in [-0.2, 0) is 12.3 Å². The largest absolute Gasteiger partial charge is 0.371 e. The van der Waals surface area contributed by atoms with Crippen molar-refractivity contribution >= 4 is 28.6 Å². The first-order valence-corrected chi connectivity index (χ1v) is 7.95. The van der Waals surface area contributed by atoms with Crippen LogP contribution in [0.1, 0.15) is 23.2 Å². The third-order valence-electron chi connectivity index (χ3n) is 3.17. The molecule has 102 valence electrons. The highest BCUT2D eigenvalue weighted by molar-refractivity contribution is 7.09. The van der Waals surface area contributed by atoms with Crippen molar-refractivity contribution in [2.75, 3.05) is 18.0 Å². The molecule has 0 aliphatic rings. The molecular formula is C15H19ClN2S. The predicted molar refractivity (Wildman–Crippen MR) is 84.4 cm³/mol. The molecule has 1 aromatic heterocycles. The third-order valence-corrected chi connectivity index (χ3v) is 4.40. The molecule has 0 saturated heterocycles. The molecule has 0 radical (unpaired) electrons. The van der Waals surface area contributed by atoms with Crippen LogP contribution in [0.2, 0.25) is 0 Å². The second-order valence-electron chi connectivity index (χ2n) is 4.48. The first-order chi connectivity index (χ1) is 9.24. The topological polar surface area (TPSA) is 16.1 Å². The highest BCUT2D eigenvalue weighted by atomic mass is 35.5. The fraction of sp³-hybridized carbons (Fsp3) is 0.400. The summed E-state index contributed by atoms with van der Waals surface area (Å²) in [4.78, 5) is 6.91. The van der Waals surface area contributed by atoms with Crippen LogP contribution in [-0.4, -0.2) is 18.1 Å².